The van der Waals surface area contributed by atoms with Crippen molar-refractivity contribution < 1.29 is 22.4 Å². The van der Waals surface area contributed by atoms with E-state index in [1.54, 1.807) is 18.2 Å². The summed E-state index contributed by atoms with van der Waals surface area (Å²) in [5.74, 6) is 0.116. The Morgan fingerprint density at radius 2 is 1.93 bits per heavy atom. The average molecular weight is 435 g/mol. The predicted molar refractivity (Wildman–Crippen MR) is 109 cm³/mol. The molecule has 3 rings (SSSR count). The third-order valence-corrected chi connectivity index (χ3v) is 5.33. The maximum Gasteiger partial charge on any atom is 0.433 e. The molecular formula is C21H20F3N3O2S. The Kier molecular flexibility index (Phi) is 6.81. The first kappa shape index (κ1) is 21.9. The van der Waals surface area contributed by atoms with Crippen molar-refractivity contribution in [1.29, 1.82) is 0 Å². The lowest BCUT2D eigenvalue weighted by molar-refractivity contribution is -0.141. The number of benzene rings is 1. The van der Waals surface area contributed by atoms with Crippen molar-refractivity contribution in [3.05, 3.63) is 60.0 Å². The summed E-state index contributed by atoms with van der Waals surface area (Å²) in [6.07, 6.45) is -2.28. The molecule has 30 heavy (non-hydrogen) atoms. The van der Waals surface area contributed by atoms with Gasteiger partial charge in [0.05, 0.1) is 12.0 Å². The van der Waals surface area contributed by atoms with Crippen molar-refractivity contribution in [2.24, 2.45) is 0 Å². The van der Waals surface area contributed by atoms with Crippen molar-refractivity contribution in [2.45, 2.75) is 37.5 Å². The van der Waals surface area contributed by atoms with E-state index in [1.807, 2.05) is 12.1 Å². The number of nitrogens with zero attached hydrogens (tertiary/aromatic N) is 2. The van der Waals surface area contributed by atoms with E-state index < -0.39 is 11.9 Å². The molecule has 0 aliphatic heterocycles. The van der Waals surface area contributed by atoms with Crippen molar-refractivity contribution in [3.8, 4) is 11.5 Å². The summed E-state index contributed by atoms with van der Waals surface area (Å²) < 4.78 is 44.7. The topological polar surface area (TPSA) is 68.0 Å². The Balaban J connectivity index is 1.68. The van der Waals surface area contributed by atoms with Gasteiger partial charge in [-0.05, 0) is 48.2 Å². The molecule has 158 valence electrons. The fourth-order valence-electron chi connectivity index (χ4n) is 2.64. The summed E-state index contributed by atoms with van der Waals surface area (Å²) in [6, 6.07) is 11.4. The summed E-state index contributed by atoms with van der Waals surface area (Å²) in [5, 5.41) is 2.57. The molecule has 0 aliphatic carbocycles. The number of carbonyl (C=O) groups excluding carboxylic acids is 1. The van der Waals surface area contributed by atoms with E-state index in [0.29, 0.717) is 11.6 Å². The number of alkyl halides is 3. The number of hydrogen-bond donors (Lipinski definition) is 1. The molecule has 9 heteroatoms. The van der Waals surface area contributed by atoms with Gasteiger partial charge in [0.2, 0.25) is 5.91 Å². The number of halogens is 3. The molecule has 0 unspecified atom stereocenters. The Morgan fingerprint density at radius 1 is 1.20 bits per heavy atom. The van der Waals surface area contributed by atoms with E-state index in [0.717, 1.165) is 24.2 Å². The fraction of sp³-hybridized carbons (Fsp3) is 0.286. The standard InChI is InChI=1S/C21H20F3N3O2S/c1-3-13(2)14-6-8-15(9-7-14)25-19(28)12-30-20-26-16(17-5-4-10-29-17)11-18(27-20)21(22,23)24/h4-11,13H,3,12H2,1-2H3,(H,25,28)/t13-/m0/s1. The zero-order chi connectivity index (χ0) is 21.7. The molecule has 1 atom stereocenters. The molecule has 2 heterocycles. The first-order valence-corrected chi connectivity index (χ1v) is 10.3. The van der Waals surface area contributed by atoms with Crippen LogP contribution < -0.4 is 5.32 Å². The second kappa shape index (κ2) is 9.34. The number of carbonyl (C=O) groups is 1. The van der Waals surface area contributed by atoms with E-state index >= 15 is 0 Å². The number of thioether (sulfide) groups is 1. The highest BCUT2D eigenvalue weighted by molar-refractivity contribution is 7.99. The minimum absolute atomic E-state index is 0.00543. The molecule has 1 aromatic carbocycles. The van der Waals surface area contributed by atoms with Crippen LogP contribution >= 0.6 is 11.8 Å². The minimum Gasteiger partial charge on any atom is -0.463 e. The summed E-state index contributed by atoms with van der Waals surface area (Å²) in [7, 11) is 0. The molecule has 0 bridgehead atoms. The van der Waals surface area contributed by atoms with Gasteiger partial charge in [0.1, 0.15) is 11.4 Å². The van der Waals surface area contributed by atoms with Gasteiger partial charge < -0.3 is 9.73 Å². The number of rotatable bonds is 7. The Hall–Kier alpha value is -2.81. The second-order valence-corrected chi connectivity index (χ2v) is 7.61. The van der Waals surface area contributed by atoms with E-state index in [4.69, 9.17) is 4.42 Å². The van der Waals surface area contributed by atoms with Gasteiger partial charge in [0, 0.05) is 5.69 Å². The van der Waals surface area contributed by atoms with Crippen LogP contribution in [0.1, 0.15) is 37.4 Å². The van der Waals surface area contributed by atoms with Crippen LogP contribution in [0.15, 0.2) is 58.3 Å². The van der Waals surface area contributed by atoms with E-state index in [2.05, 4.69) is 29.1 Å². The van der Waals surface area contributed by atoms with Gasteiger partial charge in [0.15, 0.2) is 10.9 Å². The molecule has 0 saturated heterocycles. The molecule has 0 aliphatic rings. The zero-order valence-corrected chi connectivity index (χ0v) is 17.2. The van der Waals surface area contributed by atoms with Crippen molar-refractivity contribution in [3.63, 3.8) is 0 Å². The highest BCUT2D eigenvalue weighted by atomic mass is 32.2. The smallest absolute Gasteiger partial charge is 0.433 e. The third kappa shape index (κ3) is 5.63. The van der Waals surface area contributed by atoms with Crippen LogP contribution in [0.2, 0.25) is 0 Å². The molecule has 2 aromatic heterocycles. The van der Waals surface area contributed by atoms with Gasteiger partial charge in [-0.15, -0.1) is 0 Å². The molecule has 3 aromatic rings. The second-order valence-electron chi connectivity index (χ2n) is 6.66. The lowest BCUT2D eigenvalue weighted by Gasteiger charge is -2.11. The van der Waals surface area contributed by atoms with Crippen LogP contribution in [0.5, 0.6) is 0 Å². The molecule has 5 nitrogen and oxygen atoms in total. The molecule has 0 fully saturated rings. The van der Waals surface area contributed by atoms with Crippen LogP contribution in [0.25, 0.3) is 11.5 Å². The number of furan rings is 1. The quantitative estimate of drug-likeness (QED) is 0.364. The van der Waals surface area contributed by atoms with Crippen LogP contribution in [0, 0.1) is 0 Å². The molecule has 0 spiro atoms. The maximum atomic E-state index is 13.2. The van der Waals surface area contributed by atoms with E-state index in [9.17, 15) is 18.0 Å². The Bertz CT molecular complexity index is 990. The molecule has 0 saturated carbocycles. The third-order valence-electron chi connectivity index (χ3n) is 4.48. The minimum atomic E-state index is -4.64. The highest BCUT2D eigenvalue weighted by Gasteiger charge is 2.34. The highest BCUT2D eigenvalue weighted by Crippen LogP contribution is 2.32. The fourth-order valence-corrected chi connectivity index (χ4v) is 3.30. The number of hydrogen-bond acceptors (Lipinski definition) is 5. The predicted octanol–water partition coefficient (Wildman–Crippen LogP) is 6.00. The van der Waals surface area contributed by atoms with Gasteiger partial charge in [0.25, 0.3) is 0 Å². The molecule has 1 amide bonds. The van der Waals surface area contributed by atoms with Crippen molar-refractivity contribution in [2.75, 3.05) is 11.1 Å². The van der Waals surface area contributed by atoms with Gasteiger partial charge in [-0.25, -0.2) is 9.97 Å². The number of nitrogens with one attached hydrogen (secondary N) is 1. The van der Waals surface area contributed by atoms with Gasteiger partial charge >= 0.3 is 6.18 Å². The Morgan fingerprint density at radius 3 is 2.53 bits per heavy atom. The monoisotopic (exact) mass is 435 g/mol. The summed E-state index contributed by atoms with van der Waals surface area (Å²) in [6.45, 7) is 4.22. The normalized spacial score (nSPS) is 12.6. The van der Waals surface area contributed by atoms with E-state index in [1.165, 1.54) is 17.9 Å². The van der Waals surface area contributed by atoms with Gasteiger partial charge in [-0.2, -0.15) is 13.2 Å². The first-order valence-electron chi connectivity index (χ1n) is 9.29. The number of aromatic nitrogens is 2. The first-order chi connectivity index (χ1) is 14.3. The maximum absolute atomic E-state index is 13.2. The van der Waals surface area contributed by atoms with Crippen molar-refractivity contribution >= 4 is 23.4 Å². The van der Waals surface area contributed by atoms with Gasteiger partial charge in [-0.1, -0.05) is 37.7 Å². The van der Waals surface area contributed by atoms with Gasteiger partial charge in [-0.3, -0.25) is 4.79 Å². The largest absolute Gasteiger partial charge is 0.463 e. The average Bonchev–Trinajstić information content (AvgIpc) is 3.26. The van der Waals surface area contributed by atoms with Crippen molar-refractivity contribution in [1.82, 2.24) is 9.97 Å². The molecular weight excluding hydrogens is 415 g/mol. The molecule has 0 radical (unpaired) electrons. The number of amides is 1. The van der Waals surface area contributed by atoms with Crippen LogP contribution in [0.3, 0.4) is 0 Å². The summed E-state index contributed by atoms with van der Waals surface area (Å²) in [5.41, 5.74) is 0.708. The van der Waals surface area contributed by atoms with E-state index in [-0.39, 0.29) is 28.3 Å². The van der Waals surface area contributed by atoms with Crippen LogP contribution in [-0.4, -0.2) is 21.6 Å². The molecule has 1 N–H and O–H groups in total. The Labute approximate surface area is 176 Å². The number of anilines is 1. The SMILES string of the molecule is CC[C@H](C)c1ccc(NC(=O)CSc2nc(-c3ccco3)cc(C(F)(F)F)n2)cc1. The van der Waals surface area contributed by atoms with Crippen LogP contribution in [0.4, 0.5) is 18.9 Å². The summed E-state index contributed by atoms with van der Waals surface area (Å²) >= 11 is 0.825. The van der Waals surface area contributed by atoms with Crippen LogP contribution in [-0.2, 0) is 11.0 Å². The zero-order valence-electron chi connectivity index (χ0n) is 16.4. The lowest BCUT2D eigenvalue weighted by atomic mass is 9.99. The summed E-state index contributed by atoms with van der Waals surface area (Å²) in [4.78, 5) is 19.9. The lowest BCUT2D eigenvalue weighted by Crippen LogP contribution is -2.15.